The number of phenols is 1. The molecule has 0 bridgehead atoms. The molecule has 0 aromatic heterocycles. The Hall–Kier alpha value is -1.60. The summed E-state index contributed by atoms with van der Waals surface area (Å²) in [7, 11) is 0. The van der Waals surface area contributed by atoms with Crippen molar-refractivity contribution in [3.63, 3.8) is 0 Å². The molecule has 22 heavy (non-hydrogen) atoms. The normalized spacial score (nSPS) is 16.3. The fourth-order valence-electron chi connectivity index (χ4n) is 2.11. The number of halogens is 1. The number of nitrogens with zero attached hydrogens (tertiary/aromatic N) is 1. The molecule has 5 nitrogen and oxygen atoms in total. The Kier molecular flexibility index (Phi) is 5.42. The maximum absolute atomic E-state index is 12.3. The first-order valence-corrected chi connectivity index (χ1v) is 8.17. The topological polar surface area (TPSA) is 61.8 Å². The Balaban J connectivity index is 2.33. The van der Waals surface area contributed by atoms with Gasteiger partial charge in [-0.05, 0) is 65.3 Å². The summed E-state index contributed by atoms with van der Waals surface area (Å²) in [6.07, 6.45) is 2.52. The molecule has 2 N–H and O–H groups in total. The van der Waals surface area contributed by atoms with Gasteiger partial charge in [-0.1, -0.05) is 6.92 Å². The molecular weight excluding hydrogens is 368 g/mol. The molecule has 1 saturated heterocycles. The number of aromatic hydroxyl groups is 1. The van der Waals surface area contributed by atoms with Crippen LogP contribution in [0, 0.1) is 0 Å². The van der Waals surface area contributed by atoms with Crippen LogP contribution in [0.5, 0.6) is 11.5 Å². The molecule has 0 aliphatic carbocycles. The van der Waals surface area contributed by atoms with Gasteiger partial charge in [0.2, 0.25) is 0 Å². The van der Waals surface area contributed by atoms with Gasteiger partial charge in [0.05, 0.1) is 11.1 Å². The monoisotopic (exact) mass is 384 g/mol. The third-order valence-corrected chi connectivity index (χ3v) is 4.00. The lowest BCUT2D eigenvalue weighted by molar-refractivity contribution is -0.122. The summed E-state index contributed by atoms with van der Waals surface area (Å²) in [4.78, 5) is 13.8. The summed E-state index contributed by atoms with van der Waals surface area (Å²) in [5, 5.41) is 13.3. The van der Waals surface area contributed by atoms with Gasteiger partial charge < -0.3 is 15.2 Å². The molecule has 0 saturated carbocycles. The number of rotatable bonds is 5. The molecule has 1 fully saturated rings. The number of thiocarbonyl (C=S) groups is 1. The largest absolute Gasteiger partial charge is 0.503 e. The van der Waals surface area contributed by atoms with E-state index in [1.54, 1.807) is 23.1 Å². The number of carbonyl (C=O) groups excluding carboxylic acids is 1. The van der Waals surface area contributed by atoms with Gasteiger partial charge in [0.15, 0.2) is 16.6 Å². The van der Waals surface area contributed by atoms with Crippen LogP contribution in [0.25, 0.3) is 6.08 Å². The second-order valence-electron chi connectivity index (χ2n) is 4.73. The molecule has 1 aromatic rings. The molecule has 0 radical (unpaired) electrons. The van der Waals surface area contributed by atoms with E-state index < -0.39 is 0 Å². The van der Waals surface area contributed by atoms with Gasteiger partial charge in [-0.25, -0.2) is 0 Å². The smallest absolute Gasteiger partial charge is 0.276 e. The van der Waals surface area contributed by atoms with Crippen molar-refractivity contribution in [1.82, 2.24) is 10.2 Å². The zero-order valence-electron chi connectivity index (χ0n) is 12.4. The Morgan fingerprint density at radius 3 is 2.82 bits per heavy atom. The number of hydrogen-bond acceptors (Lipinski definition) is 4. The lowest BCUT2D eigenvalue weighted by atomic mass is 10.1. The van der Waals surface area contributed by atoms with E-state index in [2.05, 4.69) is 21.2 Å². The van der Waals surface area contributed by atoms with E-state index in [1.165, 1.54) is 0 Å². The minimum absolute atomic E-state index is 0.0397. The van der Waals surface area contributed by atoms with Crippen LogP contribution in [0.15, 0.2) is 22.3 Å². The van der Waals surface area contributed by atoms with Crippen LogP contribution in [0.1, 0.15) is 25.8 Å². The highest BCUT2D eigenvalue weighted by molar-refractivity contribution is 9.10. The van der Waals surface area contributed by atoms with Gasteiger partial charge in [0.25, 0.3) is 5.91 Å². The molecule has 1 aromatic carbocycles. The van der Waals surface area contributed by atoms with E-state index in [0.717, 1.165) is 12.0 Å². The third-order valence-electron chi connectivity index (χ3n) is 3.07. The number of ether oxygens (including phenoxy) is 1. The number of phenolic OH excluding ortho intramolecular Hbond substituents is 1. The SMILES string of the molecule is CCCN1C(=O)/C(=C/c2cc(Br)c(O)c(OCC)c2)NC1=S. The van der Waals surface area contributed by atoms with Gasteiger partial charge in [-0.2, -0.15) is 0 Å². The Labute approximate surface area is 143 Å². The van der Waals surface area contributed by atoms with Crippen LogP contribution in [-0.2, 0) is 4.79 Å². The molecule has 7 heteroatoms. The van der Waals surface area contributed by atoms with E-state index in [-0.39, 0.29) is 11.7 Å². The molecule has 1 amide bonds. The zero-order chi connectivity index (χ0) is 16.3. The Morgan fingerprint density at radius 2 is 2.18 bits per heavy atom. The number of hydrogen-bond donors (Lipinski definition) is 2. The second kappa shape index (κ2) is 7.11. The minimum atomic E-state index is -0.144. The number of amides is 1. The summed E-state index contributed by atoms with van der Waals surface area (Å²) in [5.74, 6) is 0.258. The second-order valence-corrected chi connectivity index (χ2v) is 5.97. The van der Waals surface area contributed by atoms with Crippen LogP contribution in [0.3, 0.4) is 0 Å². The Morgan fingerprint density at radius 1 is 1.45 bits per heavy atom. The maximum Gasteiger partial charge on any atom is 0.276 e. The molecule has 2 rings (SSSR count). The highest BCUT2D eigenvalue weighted by Gasteiger charge is 2.29. The van der Waals surface area contributed by atoms with Crippen molar-refractivity contribution in [3.05, 3.63) is 27.9 Å². The van der Waals surface area contributed by atoms with Crippen LogP contribution in [-0.4, -0.2) is 34.2 Å². The minimum Gasteiger partial charge on any atom is -0.503 e. The molecular formula is C15H17BrN2O3S. The third kappa shape index (κ3) is 3.41. The predicted molar refractivity (Wildman–Crippen MR) is 92.7 cm³/mol. The van der Waals surface area contributed by atoms with Crippen LogP contribution in [0.2, 0.25) is 0 Å². The van der Waals surface area contributed by atoms with Gasteiger partial charge in [-0.15, -0.1) is 0 Å². The lowest BCUT2D eigenvalue weighted by Gasteiger charge is -2.11. The molecule has 1 aliphatic heterocycles. The molecule has 1 heterocycles. The quantitative estimate of drug-likeness (QED) is 0.603. The maximum atomic E-state index is 12.3. The van der Waals surface area contributed by atoms with Crippen molar-refractivity contribution in [2.45, 2.75) is 20.3 Å². The highest BCUT2D eigenvalue weighted by Crippen LogP contribution is 2.36. The van der Waals surface area contributed by atoms with Crippen molar-refractivity contribution in [1.29, 1.82) is 0 Å². The number of nitrogens with one attached hydrogen (secondary N) is 1. The summed E-state index contributed by atoms with van der Waals surface area (Å²) in [6.45, 7) is 4.85. The number of benzene rings is 1. The highest BCUT2D eigenvalue weighted by atomic mass is 79.9. The molecule has 118 valence electrons. The Bertz CT molecular complexity index is 646. The summed E-state index contributed by atoms with van der Waals surface area (Å²) >= 11 is 8.45. The first kappa shape index (κ1) is 16.8. The first-order chi connectivity index (χ1) is 10.5. The summed E-state index contributed by atoms with van der Waals surface area (Å²) in [5.41, 5.74) is 1.14. The molecule has 0 unspecified atom stereocenters. The van der Waals surface area contributed by atoms with Gasteiger partial charge in [0.1, 0.15) is 5.70 Å². The lowest BCUT2D eigenvalue weighted by Crippen LogP contribution is -2.31. The van der Waals surface area contributed by atoms with Crippen LogP contribution in [0.4, 0.5) is 0 Å². The molecule has 1 aliphatic rings. The molecule has 0 atom stereocenters. The summed E-state index contributed by atoms with van der Waals surface area (Å²) in [6, 6.07) is 3.39. The summed E-state index contributed by atoms with van der Waals surface area (Å²) < 4.78 is 5.88. The van der Waals surface area contributed by atoms with Gasteiger partial charge in [-0.3, -0.25) is 9.69 Å². The van der Waals surface area contributed by atoms with E-state index in [0.29, 0.717) is 34.2 Å². The van der Waals surface area contributed by atoms with Crippen molar-refractivity contribution < 1.29 is 14.6 Å². The van der Waals surface area contributed by atoms with Crippen LogP contribution >= 0.6 is 28.1 Å². The van der Waals surface area contributed by atoms with E-state index in [1.807, 2.05) is 13.8 Å². The van der Waals surface area contributed by atoms with Crippen molar-refractivity contribution >= 4 is 45.2 Å². The van der Waals surface area contributed by atoms with E-state index >= 15 is 0 Å². The average Bonchev–Trinajstić information content (AvgIpc) is 2.72. The van der Waals surface area contributed by atoms with Crippen LogP contribution < -0.4 is 10.1 Å². The fraction of sp³-hybridized carbons (Fsp3) is 0.333. The van der Waals surface area contributed by atoms with Gasteiger partial charge >= 0.3 is 0 Å². The fourth-order valence-corrected chi connectivity index (χ4v) is 2.85. The molecule has 0 spiro atoms. The zero-order valence-corrected chi connectivity index (χ0v) is 14.8. The van der Waals surface area contributed by atoms with E-state index in [4.69, 9.17) is 17.0 Å². The van der Waals surface area contributed by atoms with E-state index in [9.17, 15) is 9.90 Å². The average molecular weight is 385 g/mol. The standard InChI is InChI=1S/C15H17BrN2O3S/c1-3-5-18-14(20)11(17-15(18)22)7-9-6-10(16)13(19)12(8-9)21-4-2/h6-8,19H,3-5H2,1-2H3,(H,17,22)/b11-7-. The van der Waals surface area contributed by atoms with Crippen molar-refractivity contribution in [3.8, 4) is 11.5 Å². The predicted octanol–water partition coefficient (Wildman–Crippen LogP) is 3.02. The van der Waals surface area contributed by atoms with Crippen molar-refractivity contribution in [2.24, 2.45) is 0 Å². The first-order valence-electron chi connectivity index (χ1n) is 6.97. The number of carbonyl (C=O) groups is 1. The van der Waals surface area contributed by atoms with Gasteiger partial charge in [0, 0.05) is 6.54 Å². The van der Waals surface area contributed by atoms with Crippen molar-refractivity contribution in [2.75, 3.05) is 13.2 Å².